The third-order valence-electron chi connectivity index (χ3n) is 5.58. The Balaban J connectivity index is 1.51. The highest BCUT2D eigenvalue weighted by Gasteiger charge is 2.13. The third kappa shape index (κ3) is 5.11. The van der Waals surface area contributed by atoms with E-state index in [4.69, 9.17) is 0 Å². The van der Waals surface area contributed by atoms with E-state index in [9.17, 15) is 9.59 Å². The minimum atomic E-state index is -0.143. The van der Waals surface area contributed by atoms with Gasteiger partial charge in [-0.05, 0) is 37.1 Å². The summed E-state index contributed by atoms with van der Waals surface area (Å²) in [4.78, 5) is 30.2. The Morgan fingerprint density at radius 2 is 1.50 bits per heavy atom. The smallest absolute Gasteiger partial charge is 0.273 e. The number of aromatic nitrogens is 2. The predicted octanol–water partition coefficient (Wildman–Crippen LogP) is 4.31. The van der Waals surface area contributed by atoms with Gasteiger partial charge in [-0.1, -0.05) is 71.8 Å². The van der Waals surface area contributed by atoms with E-state index in [1.807, 2.05) is 86.6 Å². The molecule has 0 saturated carbocycles. The number of para-hydroxylation sites is 2. The second-order valence-corrected chi connectivity index (χ2v) is 8.19. The van der Waals surface area contributed by atoms with Crippen molar-refractivity contribution in [2.24, 2.45) is 0 Å². The van der Waals surface area contributed by atoms with Gasteiger partial charge in [0.05, 0.1) is 17.6 Å². The van der Waals surface area contributed by atoms with Crippen LogP contribution in [0.3, 0.4) is 0 Å². The fourth-order valence-electron chi connectivity index (χ4n) is 3.67. The SMILES string of the molecule is Cc1ccc(CNC(=O)CCc2nc3ccccc3n(Cc3ccc(C)cc3)c2=O)cc1. The summed E-state index contributed by atoms with van der Waals surface area (Å²) < 4.78 is 1.76. The van der Waals surface area contributed by atoms with Crippen LogP contribution in [-0.2, 0) is 24.3 Å². The molecule has 5 nitrogen and oxygen atoms in total. The first kappa shape index (κ1) is 21.5. The fraction of sp³-hybridized carbons (Fsp3) is 0.222. The van der Waals surface area contributed by atoms with Gasteiger partial charge in [0.25, 0.3) is 5.56 Å². The molecule has 162 valence electrons. The van der Waals surface area contributed by atoms with Crippen LogP contribution in [0, 0.1) is 13.8 Å². The first-order valence-electron chi connectivity index (χ1n) is 10.9. The minimum Gasteiger partial charge on any atom is -0.352 e. The third-order valence-corrected chi connectivity index (χ3v) is 5.58. The van der Waals surface area contributed by atoms with E-state index in [1.54, 1.807) is 4.57 Å². The summed E-state index contributed by atoms with van der Waals surface area (Å²) in [5.74, 6) is -0.0926. The lowest BCUT2D eigenvalue weighted by atomic mass is 10.1. The molecule has 0 atom stereocenters. The molecule has 0 spiro atoms. The molecular formula is C27H27N3O2. The zero-order valence-electron chi connectivity index (χ0n) is 18.5. The summed E-state index contributed by atoms with van der Waals surface area (Å²) in [7, 11) is 0. The van der Waals surface area contributed by atoms with Gasteiger partial charge in [-0.3, -0.25) is 9.59 Å². The van der Waals surface area contributed by atoms with E-state index in [1.165, 1.54) is 11.1 Å². The number of hydrogen-bond acceptors (Lipinski definition) is 3. The van der Waals surface area contributed by atoms with Crippen LogP contribution in [0.15, 0.2) is 77.6 Å². The Labute approximate surface area is 187 Å². The Morgan fingerprint density at radius 3 is 2.19 bits per heavy atom. The number of fused-ring (bicyclic) bond motifs is 1. The maximum absolute atomic E-state index is 13.2. The average Bonchev–Trinajstić information content (AvgIpc) is 2.80. The van der Waals surface area contributed by atoms with Gasteiger partial charge >= 0.3 is 0 Å². The normalized spacial score (nSPS) is 10.9. The molecular weight excluding hydrogens is 398 g/mol. The Hall–Kier alpha value is -3.73. The maximum Gasteiger partial charge on any atom is 0.273 e. The molecule has 1 heterocycles. The molecule has 4 rings (SSSR count). The van der Waals surface area contributed by atoms with Gasteiger partial charge in [0.1, 0.15) is 5.69 Å². The number of benzene rings is 3. The summed E-state index contributed by atoms with van der Waals surface area (Å²) in [5, 5.41) is 2.93. The number of aryl methyl sites for hydroxylation is 3. The Morgan fingerprint density at radius 1 is 0.875 bits per heavy atom. The molecule has 0 aliphatic rings. The lowest BCUT2D eigenvalue weighted by Gasteiger charge is -2.13. The van der Waals surface area contributed by atoms with Crippen LogP contribution in [0.2, 0.25) is 0 Å². The summed E-state index contributed by atoms with van der Waals surface area (Å²) in [6.07, 6.45) is 0.522. The van der Waals surface area contributed by atoms with Crippen molar-refractivity contribution < 1.29 is 4.79 Å². The second kappa shape index (κ2) is 9.60. The van der Waals surface area contributed by atoms with E-state index >= 15 is 0 Å². The van der Waals surface area contributed by atoms with E-state index in [0.29, 0.717) is 25.2 Å². The first-order valence-corrected chi connectivity index (χ1v) is 10.9. The van der Waals surface area contributed by atoms with Crippen LogP contribution in [0.5, 0.6) is 0 Å². The lowest BCUT2D eigenvalue weighted by Crippen LogP contribution is -2.28. The minimum absolute atomic E-state index is 0.0926. The highest BCUT2D eigenvalue weighted by Crippen LogP contribution is 2.13. The number of carbonyl (C=O) groups is 1. The molecule has 1 N–H and O–H groups in total. The van der Waals surface area contributed by atoms with Crippen molar-refractivity contribution in [3.63, 3.8) is 0 Å². The van der Waals surface area contributed by atoms with Crippen molar-refractivity contribution in [3.8, 4) is 0 Å². The molecule has 0 aliphatic heterocycles. The first-order chi connectivity index (χ1) is 15.5. The topological polar surface area (TPSA) is 64.0 Å². The van der Waals surface area contributed by atoms with Crippen LogP contribution < -0.4 is 10.9 Å². The molecule has 4 aromatic rings. The molecule has 0 bridgehead atoms. The standard InChI is InChI=1S/C27H27N3O2/c1-19-7-11-21(12-8-19)17-28-26(31)16-15-24-27(32)30(18-22-13-9-20(2)10-14-22)25-6-4-3-5-23(25)29-24/h3-14H,15-18H2,1-2H3,(H,28,31). The molecule has 0 fully saturated rings. The highest BCUT2D eigenvalue weighted by atomic mass is 16.1. The fourth-order valence-corrected chi connectivity index (χ4v) is 3.67. The van der Waals surface area contributed by atoms with Gasteiger partial charge in [-0.15, -0.1) is 0 Å². The number of carbonyl (C=O) groups excluding carboxylic acids is 1. The quantitative estimate of drug-likeness (QED) is 0.480. The maximum atomic E-state index is 13.2. The van der Waals surface area contributed by atoms with Gasteiger partial charge in [0, 0.05) is 19.4 Å². The summed E-state index contributed by atoms with van der Waals surface area (Å²) >= 11 is 0. The van der Waals surface area contributed by atoms with Gasteiger partial charge < -0.3 is 9.88 Å². The van der Waals surface area contributed by atoms with E-state index in [0.717, 1.165) is 22.2 Å². The zero-order valence-corrected chi connectivity index (χ0v) is 18.5. The van der Waals surface area contributed by atoms with Crippen molar-refractivity contribution in [3.05, 3.63) is 111 Å². The van der Waals surface area contributed by atoms with Crippen molar-refractivity contribution in [2.75, 3.05) is 0 Å². The van der Waals surface area contributed by atoms with Crippen molar-refractivity contribution in [1.29, 1.82) is 0 Å². The summed E-state index contributed by atoms with van der Waals surface area (Å²) in [5.41, 5.74) is 6.29. The van der Waals surface area contributed by atoms with Gasteiger partial charge in [0.2, 0.25) is 5.91 Å². The Bertz CT molecular complexity index is 1290. The molecule has 0 radical (unpaired) electrons. The largest absolute Gasteiger partial charge is 0.352 e. The molecule has 0 aliphatic carbocycles. The molecule has 32 heavy (non-hydrogen) atoms. The van der Waals surface area contributed by atoms with Crippen molar-refractivity contribution in [2.45, 2.75) is 39.8 Å². The van der Waals surface area contributed by atoms with Crippen molar-refractivity contribution >= 4 is 16.9 Å². The van der Waals surface area contributed by atoms with E-state index in [2.05, 4.69) is 10.3 Å². The van der Waals surface area contributed by atoms with Crippen LogP contribution in [0.4, 0.5) is 0 Å². The van der Waals surface area contributed by atoms with Crippen LogP contribution in [0.1, 0.15) is 34.4 Å². The Kier molecular flexibility index (Phi) is 6.45. The monoisotopic (exact) mass is 425 g/mol. The summed E-state index contributed by atoms with van der Waals surface area (Å²) in [6, 6.07) is 23.9. The molecule has 5 heteroatoms. The number of nitrogens with zero attached hydrogens (tertiary/aromatic N) is 2. The van der Waals surface area contributed by atoms with Crippen molar-refractivity contribution in [1.82, 2.24) is 14.9 Å². The predicted molar refractivity (Wildman–Crippen MR) is 128 cm³/mol. The van der Waals surface area contributed by atoms with Gasteiger partial charge in [0.15, 0.2) is 0 Å². The van der Waals surface area contributed by atoms with E-state index < -0.39 is 0 Å². The molecule has 0 saturated heterocycles. The molecule has 1 amide bonds. The second-order valence-electron chi connectivity index (χ2n) is 8.19. The number of amides is 1. The number of rotatable bonds is 7. The average molecular weight is 426 g/mol. The number of nitrogens with one attached hydrogen (secondary N) is 1. The van der Waals surface area contributed by atoms with Gasteiger partial charge in [-0.2, -0.15) is 0 Å². The van der Waals surface area contributed by atoms with Gasteiger partial charge in [-0.25, -0.2) is 4.98 Å². The molecule has 3 aromatic carbocycles. The van der Waals surface area contributed by atoms with Crippen LogP contribution in [0.25, 0.3) is 11.0 Å². The number of hydrogen-bond donors (Lipinski definition) is 1. The zero-order chi connectivity index (χ0) is 22.5. The van der Waals surface area contributed by atoms with E-state index in [-0.39, 0.29) is 17.9 Å². The van der Waals surface area contributed by atoms with Crippen LogP contribution in [-0.4, -0.2) is 15.5 Å². The molecule has 0 unspecified atom stereocenters. The van der Waals surface area contributed by atoms with Crippen LogP contribution >= 0.6 is 0 Å². The highest BCUT2D eigenvalue weighted by molar-refractivity contribution is 5.77. The summed E-state index contributed by atoms with van der Waals surface area (Å²) in [6.45, 7) is 5.01. The molecule has 1 aromatic heterocycles. The lowest BCUT2D eigenvalue weighted by molar-refractivity contribution is -0.121.